The molecule has 0 aliphatic carbocycles. The summed E-state index contributed by atoms with van der Waals surface area (Å²) < 4.78 is 37.2. The van der Waals surface area contributed by atoms with Crippen LogP contribution < -0.4 is 0 Å². The third-order valence-corrected chi connectivity index (χ3v) is 7.02. The van der Waals surface area contributed by atoms with Crippen LogP contribution in [0.25, 0.3) is 22.4 Å². The summed E-state index contributed by atoms with van der Waals surface area (Å²) in [6.45, 7) is 5.73. The molecular weight excluding hydrogens is 468 g/mol. The highest BCUT2D eigenvalue weighted by Gasteiger charge is 2.45. The summed E-state index contributed by atoms with van der Waals surface area (Å²) in [5, 5.41) is 11.1. The molecule has 2 aromatic carbocycles. The van der Waals surface area contributed by atoms with E-state index < -0.39 is 31.6 Å². The zero-order chi connectivity index (χ0) is 25.5. The number of ether oxygens (including phenoxy) is 1. The van der Waals surface area contributed by atoms with Gasteiger partial charge in [0.1, 0.15) is 11.9 Å². The number of aliphatic hydroxyl groups excluding tert-OH is 1. The van der Waals surface area contributed by atoms with Gasteiger partial charge in [0.15, 0.2) is 0 Å². The van der Waals surface area contributed by atoms with Crippen molar-refractivity contribution < 1.29 is 28.1 Å². The predicted octanol–water partition coefficient (Wildman–Crippen LogP) is 6.42. The van der Waals surface area contributed by atoms with Crippen LogP contribution in [0.5, 0.6) is 0 Å². The van der Waals surface area contributed by atoms with Crippen LogP contribution in [-0.2, 0) is 18.6 Å². The molecule has 0 fully saturated rings. The minimum Gasteiger partial charge on any atom is -0.466 e. The normalized spacial score (nSPS) is 13.4. The van der Waals surface area contributed by atoms with Crippen molar-refractivity contribution in [2.45, 2.75) is 44.9 Å². The second kappa shape index (κ2) is 12.1. The monoisotopic (exact) mass is 498 g/mol. The smallest absolute Gasteiger partial charge is 0.466 e. The molecule has 0 saturated carbocycles. The minimum atomic E-state index is -2.44. The molecule has 0 radical (unpaired) electrons. The lowest BCUT2D eigenvalue weighted by Crippen LogP contribution is -2.24. The van der Waals surface area contributed by atoms with Gasteiger partial charge in [-0.05, 0) is 46.7 Å². The van der Waals surface area contributed by atoms with E-state index in [9.17, 15) is 18.9 Å². The van der Waals surface area contributed by atoms with E-state index in [4.69, 9.17) is 14.2 Å². The Morgan fingerprint density at radius 2 is 1.74 bits per heavy atom. The third-order valence-electron chi connectivity index (χ3n) is 5.61. The van der Waals surface area contributed by atoms with E-state index in [1.165, 1.54) is 19.2 Å². The van der Waals surface area contributed by atoms with Crippen LogP contribution in [0.4, 0.5) is 4.39 Å². The zero-order valence-corrected chi connectivity index (χ0v) is 21.2. The highest BCUT2D eigenvalue weighted by atomic mass is 31.1. The third kappa shape index (κ3) is 6.37. The SMILES string of the molecule is CCOC(=O)CC(O)C(c1c(-c2ccc(F)cc2)cc(-c2ccccc2)nc1C(C)C)[P+](=O)OC. The first-order valence-corrected chi connectivity index (χ1v) is 12.7. The van der Waals surface area contributed by atoms with Crippen molar-refractivity contribution in [2.24, 2.45) is 0 Å². The number of halogens is 1. The van der Waals surface area contributed by atoms with Gasteiger partial charge < -0.3 is 9.84 Å². The second-order valence-electron chi connectivity index (χ2n) is 8.37. The summed E-state index contributed by atoms with van der Waals surface area (Å²) in [7, 11) is -1.14. The van der Waals surface area contributed by atoms with Gasteiger partial charge in [-0.3, -0.25) is 9.78 Å². The number of pyridine rings is 1. The fourth-order valence-electron chi connectivity index (χ4n) is 4.00. The van der Waals surface area contributed by atoms with Gasteiger partial charge in [0.05, 0.1) is 31.5 Å². The Kier molecular flexibility index (Phi) is 9.21. The van der Waals surface area contributed by atoms with Gasteiger partial charge in [0, 0.05) is 11.1 Å². The molecule has 1 aromatic heterocycles. The molecule has 3 atom stereocenters. The number of nitrogens with zero attached hydrogens (tertiary/aromatic N) is 1. The number of rotatable bonds is 10. The van der Waals surface area contributed by atoms with E-state index in [1.54, 1.807) is 19.1 Å². The van der Waals surface area contributed by atoms with Crippen LogP contribution >= 0.6 is 8.03 Å². The van der Waals surface area contributed by atoms with E-state index in [0.29, 0.717) is 28.1 Å². The lowest BCUT2D eigenvalue weighted by molar-refractivity contribution is -0.145. The van der Waals surface area contributed by atoms with Crippen molar-refractivity contribution >= 4 is 14.0 Å². The number of carbonyl (C=O) groups is 1. The number of carbonyl (C=O) groups excluding carboxylic acids is 1. The quantitative estimate of drug-likeness (QED) is 0.256. The molecule has 0 spiro atoms. The van der Waals surface area contributed by atoms with Crippen molar-refractivity contribution in [1.29, 1.82) is 0 Å². The topological polar surface area (TPSA) is 85.7 Å². The Bertz CT molecular complexity index is 1170. The number of benzene rings is 2. The number of aromatic nitrogens is 1. The highest BCUT2D eigenvalue weighted by Crippen LogP contribution is 2.50. The van der Waals surface area contributed by atoms with Crippen LogP contribution in [0.1, 0.15) is 50.0 Å². The Balaban J connectivity index is 2.31. The Labute approximate surface area is 206 Å². The summed E-state index contributed by atoms with van der Waals surface area (Å²) in [5.74, 6) is -1.11. The summed E-state index contributed by atoms with van der Waals surface area (Å²) in [6.07, 6.45) is -1.71. The molecule has 0 amide bonds. The van der Waals surface area contributed by atoms with Crippen molar-refractivity contribution in [3.8, 4) is 22.4 Å². The molecule has 0 aliphatic heterocycles. The summed E-state index contributed by atoms with van der Waals surface area (Å²) >= 11 is 0. The van der Waals surface area contributed by atoms with E-state index in [1.807, 2.05) is 50.2 Å². The lowest BCUT2D eigenvalue weighted by atomic mass is 9.88. The van der Waals surface area contributed by atoms with E-state index in [-0.39, 0.29) is 18.9 Å². The first-order chi connectivity index (χ1) is 16.8. The fraction of sp³-hybridized carbons (Fsp3) is 0.333. The van der Waals surface area contributed by atoms with Crippen LogP contribution in [0.2, 0.25) is 0 Å². The van der Waals surface area contributed by atoms with Crippen LogP contribution in [0, 0.1) is 5.82 Å². The molecule has 35 heavy (non-hydrogen) atoms. The van der Waals surface area contributed by atoms with Crippen LogP contribution in [-0.4, -0.2) is 35.9 Å². The fourth-order valence-corrected chi connectivity index (χ4v) is 5.10. The van der Waals surface area contributed by atoms with Gasteiger partial charge >= 0.3 is 14.0 Å². The average molecular weight is 499 g/mol. The summed E-state index contributed by atoms with van der Waals surface area (Å²) in [5.41, 5.74) is 2.92. The largest absolute Gasteiger partial charge is 0.518 e. The van der Waals surface area contributed by atoms with Crippen LogP contribution in [0.15, 0.2) is 60.7 Å². The van der Waals surface area contributed by atoms with Gasteiger partial charge in [0.25, 0.3) is 0 Å². The van der Waals surface area contributed by atoms with Crippen molar-refractivity contribution in [3.05, 3.63) is 77.7 Å². The first kappa shape index (κ1) is 26.6. The number of esters is 1. The van der Waals surface area contributed by atoms with Crippen LogP contribution in [0.3, 0.4) is 0 Å². The Morgan fingerprint density at radius 1 is 1.09 bits per heavy atom. The zero-order valence-electron chi connectivity index (χ0n) is 20.3. The average Bonchev–Trinajstić information content (AvgIpc) is 2.85. The van der Waals surface area contributed by atoms with E-state index >= 15 is 0 Å². The second-order valence-corrected chi connectivity index (χ2v) is 9.86. The highest BCUT2D eigenvalue weighted by molar-refractivity contribution is 7.39. The molecule has 6 nitrogen and oxygen atoms in total. The molecule has 8 heteroatoms. The first-order valence-electron chi connectivity index (χ1n) is 11.5. The summed E-state index contributed by atoms with van der Waals surface area (Å²) in [4.78, 5) is 17.1. The molecule has 0 saturated heterocycles. The number of aliphatic hydroxyl groups is 1. The standard InChI is InChI=1S/C27H30FNO5P/c1-5-34-24(31)16-23(30)27(35(32)33-4)25-21(18-11-13-20(28)14-12-18)15-22(29-26(25)17(2)3)19-9-7-6-8-10-19/h6-15,17,23,27,30H,5,16H2,1-4H3/q+1. The molecule has 0 aliphatic rings. The molecule has 0 bridgehead atoms. The minimum absolute atomic E-state index is 0.120. The van der Waals surface area contributed by atoms with Crippen molar-refractivity contribution in [1.82, 2.24) is 4.98 Å². The maximum atomic E-state index is 13.8. The lowest BCUT2D eigenvalue weighted by Gasteiger charge is -2.23. The molecule has 3 unspecified atom stereocenters. The maximum Gasteiger partial charge on any atom is 0.518 e. The summed E-state index contributed by atoms with van der Waals surface area (Å²) in [6, 6.07) is 17.4. The number of hydrogen-bond donors (Lipinski definition) is 1. The van der Waals surface area contributed by atoms with Gasteiger partial charge in [-0.1, -0.05) is 56.3 Å². The molecule has 1 N–H and O–H groups in total. The molecular formula is C27H30FNO5P+. The van der Waals surface area contributed by atoms with Gasteiger partial charge in [-0.2, -0.15) is 0 Å². The molecule has 184 valence electrons. The van der Waals surface area contributed by atoms with Gasteiger partial charge in [-0.25, -0.2) is 4.39 Å². The van der Waals surface area contributed by atoms with E-state index in [2.05, 4.69) is 0 Å². The Hall–Kier alpha value is -2.99. The molecule has 3 rings (SSSR count). The predicted molar refractivity (Wildman–Crippen MR) is 134 cm³/mol. The molecule has 1 heterocycles. The van der Waals surface area contributed by atoms with Crippen molar-refractivity contribution in [2.75, 3.05) is 13.7 Å². The maximum absolute atomic E-state index is 13.8. The molecule has 3 aromatic rings. The van der Waals surface area contributed by atoms with Crippen molar-refractivity contribution in [3.63, 3.8) is 0 Å². The van der Waals surface area contributed by atoms with E-state index in [0.717, 1.165) is 5.56 Å². The van der Waals surface area contributed by atoms with Gasteiger partial charge in [0.2, 0.25) is 5.66 Å². The Morgan fingerprint density at radius 3 is 2.31 bits per heavy atom. The number of hydrogen-bond acceptors (Lipinski definition) is 6. The van der Waals surface area contributed by atoms with Gasteiger partial charge in [-0.15, -0.1) is 4.52 Å².